The van der Waals surface area contributed by atoms with Gasteiger partial charge in [-0.15, -0.1) is 0 Å². The topological polar surface area (TPSA) is 133 Å². The van der Waals surface area contributed by atoms with Crippen molar-refractivity contribution < 1.29 is 28.6 Å². The van der Waals surface area contributed by atoms with Gasteiger partial charge in [-0.3, -0.25) is 19.4 Å². The number of nitrogens with zero attached hydrogens (tertiary/aromatic N) is 2. The summed E-state index contributed by atoms with van der Waals surface area (Å²) in [4.78, 5) is 43.6. The Bertz CT molecular complexity index is 1490. The van der Waals surface area contributed by atoms with Crippen LogP contribution in [0.1, 0.15) is 36.8 Å². The van der Waals surface area contributed by atoms with Gasteiger partial charge >= 0.3 is 5.97 Å². The first-order valence-electron chi connectivity index (χ1n) is 13.0. The smallest absolute Gasteiger partial charge is 0.322 e. The van der Waals surface area contributed by atoms with Crippen LogP contribution in [0.25, 0.3) is 0 Å². The first-order chi connectivity index (χ1) is 19.5. The number of hydrogen-bond donors (Lipinski definition) is 2. The summed E-state index contributed by atoms with van der Waals surface area (Å²) >= 11 is 0. The molecule has 0 aliphatic carbocycles. The van der Waals surface area contributed by atoms with Crippen LogP contribution in [0.4, 0.5) is 5.69 Å². The first-order valence-corrected chi connectivity index (χ1v) is 13.0. The molecule has 10 nitrogen and oxygen atoms in total. The van der Waals surface area contributed by atoms with Crippen molar-refractivity contribution in [3.05, 3.63) is 78.1 Å². The fourth-order valence-electron chi connectivity index (χ4n) is 3.80. The van der Waals surface area contributed by atoms with Crippen molar-refractivity contribution in [2.45, 2.75) is 32.9 Å². The van der Waals surface area contributed by atoms with E-state index in [1.807, 2.05) is 32.0 Å². The van der Waals surface area contributed by atoms with Crippen molar-refractivity contribution in [2.24, 2.45) is 11.1 Å². The highest BCUT2D eigenvalue weighted by Crippen LogP contribution is 2.32. The lowest BCUT2D eigenvalue weighted by Crippen LogP contribution is -2.49. The zero-order valence-electron chi connectivity index (χ0n) is 23.3. The van der Waals surface area contributed by atoms with Crippen LogP contribution in [0.5, 0.6) is 17.2 Å². The molecule has 2 amide bonds. The number of nitrogens with one attached hydrogen (secondary N) is 1. The molecule has 3 aromatic rings. The highest BCUT2D eigenvalue weighted by atomic mass is 16.5. The molecule has 2 heterocycles. The van der Waals surface area contributed by atoms with Crippen LogP contribution in [0.15, 0.2) is 66.9 Å². The number of nitrogens with two attached hydrogens (primary N) is 1. The van der Waals surface area contributed by atoms with E-state index >= 15 is 0 Å². The minimum absolute atomic E-state index is 0.0644. The first kappa shape index (κ1) is 29.1. The molecule has 1 aromatic heterocycles. The number of para-hydroxylation sites is 1. The number of anilines is 1. The lowest BCUT2D eigenvalue weighted by molar-refractivity contribution is -0.146. The van der Waals surface area contributed by atoms with E-state index in [2.05, 4.69) is 22.1 Å². The van der Waals surface area contributed by atoms with Gasteiger partial charge in [-0.2, -0.15) is 0 Å². The zero-order valence-corrected chi connectivity index (χ0v) is 23.3. The summed E-state index contributed by atoms with van der Waals surface area (Å²) in [7, 11) is 1.61. The molecule has 2 aromatic carbocycles. The third-order valence-corrected chi connectivity index (χ3v) is 6.10. The zero-order chi connectivity index (χ0) is 29.6. The molecular weight excluding hydrogens is 524 g/mol. The molecular formula is C31H32N4O6. The highest BCUT2D eigenvalue weighted by molar-refractivity contribution is 6.03. The van der Waals surface area contributed by atoms with Crippen LogP contribution in [0.2, 0.25) is 0 Å². The lowest BCUT2D eigenvalue weighted by atomic mass is 9.95. The highest BCUT2D eigenvalue weighted by Gasteiger charge is 2.31. The Balaban J connectivity index is 1.44. The van der Waals surface area contributed by atoms with Crippen LogP contribution in [-0.4, -0.2) is 55.1 Å². The van der Waals surface area contributed by atoms with Gasteiger partial charge in [-0.25, -0.2) is 0 Å². The van der Waals surface area contributed by atoms with Gasteiger partial charge in [0, 0.05) is 24.9 Å². The van der Waals surface area contributed by atoms with Gasteiger partial charge in [-0.1, -0.05) is 30.0 Å². The summed E-state index contributed by atoms with van der Waals surface area (Å²) < 4.78 is 16.9. The molecule has 0 radical (unpaired) electrons. The fourth-order valence-corrected chi connectivity index (χ4v) is 3.80. The predicted octanol–water partition coefficient (Wildman–Crippen LogP) is 3.30. The summed E-state index contributed by atoms with van der Waals surface area (Å²) in [6.07, 6.45) is 1.47. The molecule has 41 heavy (non-hydrogen) atoms. The summed E-state index contributed by atoms with van der Waals surface area (Å²) in [6, 6.07) is 15.9. The monoisotopic (exact) mass is 556 g/mol. The van der Waals surface area contributed by atoms with Crippen LogP contribution < -0.4 is 25.4 Å². The van der Waals surface area contributed by atoms with Crippen molar-refractivity contribution >= 4 is 23.5 Å². The molecule has 2 atom stereocenters. The maximum Gasteiger partial charge on any atom is 0.322 e. The summed E-state index contributed by atoms with van der Waals surface area (Å²) in [6.45, 7) is 5.28. The molecule has 0 saturated carbocycles. The van der Waals surface area contributed by atoms with E-state index in [-0.39, 0.29) is 24.8 Å². The average Bonchev–Trinajstić information content (AvgIpc) is 3.07. The number of hydrogen-bond acceptors (Lipinski definition) is 8. The lowest BCUT2D eigenvalue weighted by Gasteiger charge is -2.20. The van der Waals surface area contributed by atoms with Crippen molar-refractivity contribution in [2.75, 3.05) is 25.2 Å². The van der Waals surface area contributed by atoms with E-state index in [0.29, 0.717) is 28.5 Å². The molecule has 1 aliphatic heterocycles. The number of aromatic nitrogens is 1. The molecule has 0 saturated heterocycles. The van der Waals surface area contributed by atoms with Crippen LogP contribution in [-0.2, 0) is 14.3 Å². The van der Waals surface area contributed by atoms with Gasteiger partial charge in [0.1, 0.15) is 48.2 Å². The van der Waals surface area contributed by atoms with E-state index < -0.39 is 29.4 Å². The number of carbonyl (C=O) groups excluding carboxylic acids is 3. The average molecular weight is 557 g/mol. The van der Waals surface area contributed by atoms with Gasteiger partial charge in [-0.05, 0) is 57.2 Å². The van der Waals surface area contributed by atoms with Gasteiger partial charge in [0.2, 0.25) is 0 Å². The standard InChI is InChI=1S/C31H32N4O6/c1-20(32)30(38)40-19-31(2,3)14-12-21-10-11-27-26(16-21)35(4)29(37)25(18-39-27)34-28(36)24-17-23(13-15-33-24)41-22-8-6-5-7-9-22/h5-11,13,15-17,20,25H,18-19,32H2,1-4H3,(H,34,36)/t20-,25+/m0/s1. The molecule has 1 aliphatic rings. The third kappa shape index (κ3) is 7.62. The molecule has 0 spiro atoms. The van der Waals surface area contributed by atoms with Gasteiger partial charge in [0.15, 0.2) is 0 Å². The Morgan fingerprint density at radius 1 is 1.17 bits per heavy atom. The van der Waals surface area contributed by atoms with Crippen LogP contribution in [0.3, 0.4) is 0 Å². The molecule has 4 rings (SSSR count). The second-order valence-corrected chi connectivity index (χ2v) is 10.2. The van der Waals surface area contributed by atoms with Gasteiger partial charge < -0.3 is 30.2 Å². The number of rotatable bonds is 7. The normalized spacial score (nSPS) is 15.3. The quantitative estimate of drug-likeness (QED) is 0.335. The van der Waals surface area contributed by atoms with Crippen molar-refractivity contribution in [1.29, 1.82) is 0 Å². The fraction of sp³-hybridized carbons (Fsp3) is 0.290. The molecule has 0 fully saturated rings. The van der Waals surface area contributed by atoms with Crippen molar-refractivity contribution in [1.82, 2.24) is 10.3 Å². The summed E-state index contributed by atoms with van der Waals surface area (Å²) in [5, 5.41) is 2.72. The second kappa shape index (κ2) is 12.5. The minimum atomic E-state index is -0.950. The number of fused-ring (bicyclic) bond motifs is 1. The Hall–Kier alpha value is -4.88. The second-order valence-electron chi connectivity index (χ2n) is 10.2. The molecule has 0 bridgehead atoms. The van der Waals surface area contributed by atoms with E-state index in [1.165, 1.54) is 17.2 Å². The summed E-state index contributed by atoms with van der Waals surface area (Å²) in [5.41, 5.74) is 6.17. The molecule has 10 heteroatoms. The van der Waals surface area contributed by atoms with E-state index in [9.17, 15) is 14.4 Å². The Morgan fingerprint density at radius 2 is 1.93 bits per heavy atom. The number of likely N-dealkylation sites (N-methyl/N-ethyl adjacent to an activating group) is 1. The predicted molar refractivity (Wildman–Crippen MR) is 153 cm³/mol. The minimum Gasteiger partial charge on any atom is -0.489 e. The third-order valence-electron chi connectivity index (χ3n) is 6.10. The van der Waals surface area contributed by atoms with E-state index in [4.69, 9.17) is 19.9 Å². The number of pyridine rings is 1. The Kier molecular flexibility index (Phi) is 8.90. The SMILES string of the molecule is C[C@H](N)C(=O)OCC(C)(C)C#Cc1ccc2c(c1)N(C)C(=O)[C@H](NC(=O)c1cc(Oc3ccccc3)ccn1)CO2. The number of carbonyl (C=O) groups is 3. The molecule has 212 valence electrons. The number of benzene rings is 2. The maximum absolute atomic E-state index is 13.3. The van der Waals surface area contributed by atoms with E-state index in [1.54, 1.807) is 50.4 Å². The maximum atomic E-state index is 13.3. The van der Waals surface area contributed by atoms with Gasteiger partial charge in [0.05, 0.1) is 11.1 Å². The molecule has 3 N–H and O–H groups in total. The van der Waals surface area contributed by atoms with E-state index in [0.717, 1.165) is 0 Å². The number of ether oxygens (including phenoxy) is 3. The van der Waals surface area contributed by atoms with Crippen molar-refractivity contribution in [3.8, 4) is 29.1 Å². The van der Waals surface area contributed by atoms with Crippen LogP contribution >= 0.6 is 0 Å². The number of esters is 1. The van der Waals surface area contributed by atoms with Gasteiger partial charge in [0.25, 0.3) is 11.8 Å². The van der Waals surface area contributed by atoms with Crippen LogP contribution in [0, 0.1) is 17.3 Å². The van der Waals surface area contributed by atoms with Crippen molar-refractivity contribution in [3.63, 3.8) is 0 Å². The molecule has 0 unspecified atom stereocenters. The Morgan fingerprint density at radius 3 is 2.66 bits per heavy atom. The largest absolute Gasteiger partial charge is 0.489 e. The summed E-state index contributed by atoms with van der Waals surface area (Å²) in [5.74, 6) is 6.32. The Labute approximate surface area is 238 Å². The number of amides is 2.